The number of carbonyl (C=O) groups is 2. The fourth-order valence-electron chi connectivity index (χ4n) is 3.71. The fourth-order valence-corrected chi connectivity index (χ4v) is 3.71. The second-order valence-electron chi connectivity index (χ2n) is 7.98. The molecule has 1 saturated heterocycles. The normalized spacial score (nSPS) is 32.9. The van der Waals surface area contributed by atoms with Crippen molar-refractivity contribution in [2.24, 2.45) is 17.8 Å². The fraction of sp³-hybridized carbons (Fsp3) is 0.636. The summed E-state index contributed by atoms with van der Waals surface area (Å²) in [6, 6.07) is 0. The molecule has 0 radical (unpaired) electrons. The first-order valence-electron chi connectivity index (χ1n) is 9.69. The van der Waals surface area contributed by atoms with Gasteiger partial charge in [0, 0.05) is 18.3 Å². The predicted molar refractivity (Wildman–Crippen MR) is 102 cm³/mol. The molecule has 1 heterocycles. The molecule has 144 valence electrons. The van der Waals surface area contributed by atoms with E-state index in [1.807, 2.05) is 13.8 Å². The van der Waals surface area contributed by atoms with E-state index >= 15 is 0 Å². The van der Waals surface area contributed by atoms with Crippen LogP contribution >= 0.6 is 0 Å². The molecule has 0 bridgehead atoms. The molecule has 2 rings (SSSR count). The molecular weight excluding hydrogens is 328 g/mol. The lowest BCUT2D eigenvalue weighted by molar-refractivity contribution is -0.143. The van der Waals surface area contributed by atoms with Crippen LogP contribution in [0.1, 0.15) is 59.8 Å². The standard InChI is InChI=1S/C22H32O4/c1-14(8-9-19-17(4)20(23)10-11-21(19)24)6-5-7-15(2)12-18-13-16(3)22(25)26-18/h7-8,10-11,16-19,21,24H,5-6,9,12-13H2,1-4H3/b14-8+,15-7+/t16?,17?,18?,19-,21?/m0/s1. The third-order valence-corrected chi connectivity index (χ3v) is 5.61. The van der Waals surface area contributed by atoms with Crippen molar-refractivity contribution in [2.75, 3.05) is 0 Å². The summed E-state index contributed by atoms with van der Waals surface area (Å²) in [5.41, 5.74) is 2.54. The lowest BCUT2D eigenvalue weighted by Gasteiger charge is -2.27. The van der Waals surface area contributed by atoms with Gasteiger partial charge in [-0.15, -0.1) is 0 Å². The molecule has 1 N–H and O–H groups in total. The van der Waals surface area contributed by atoms with E-state index in [0.717, 1.165) is 32.1 Å². The van der Waals surface area contributed by atoms with Gasteiger partial charge in [-0.3, -0.25) is 9.59 Å². The molecule has 2 aliphatic rings. The van der Waals surface area contributed by atoms with Crippen LogP contribution in [0.2, 0.25) is 0 Å². The Hall–Kier alpha value is -1.68. The van der Waals surface area contributed by atoms with Gasteiger partial charge in [0.25, 0.3) is 0 Å². The average Bonchev–Trinajstić information content (AvgIpc) is 2.88. The van der Waals surface area contributed by atoms with E-state index in [0.29, 0.717) is 0 Å². The van der Waals surface area contributed by atoms with Crippen LogP contribution in [0.15, 0.2) is 35.5 Å². The van der Waals surface area contributed by atoms with Crippen LogP contribution in [0.5, 0.6) is 0 Å². The van der Waals surface area contributed by atoms with Crippen molar-refractivity contribution in [1.29, 1.82) is 0 Å². The molecule has 0 saturated carbocycles. The van der Waals surface area contributed by atoms with Crippen molar-refractivity contribution in [1.82, 2.24) is 0 Å². The highest BCUT2D eigenvalue weighted by atomic mass is 16.5. The van der Waals surface area contributed by atoms with Gasteiger partial charge >= 0.3 is 5.97 Å². The quantitative estimate of drug-likeness (QED) is 0.547. The van der Waals surface area contributed by atoms with E-state index < -0.39 is 6.10 Å². The molecule has 4 heteroatoms. The lowest BCUT2D eigenvalue weighted by Crippen LogP contribution is -2.32. The SMILES string of the molecule is C/C(=C\C[C@@H]1C(O)C=CC(=O)C1C)CC/C=C(\C)CC1CC(C)C(=O)O1. The van der Waals surface area contributed by atoms with Crippen molar-refractivity contribution in [3.8, 4) is 0 Å². The van der Waals surface area contributed by atoms with Gasteiger partial charge in [0.05, 0.1) is 12.0 Å². The summed E-state index contributed by atoms with van der Waals surface area (Å²) in [7, 11) is 0. The summed E-state index contributed by atoms with van der Waals surface area (Å²) in [6.45, 7) is 8.00. The summed E-state index contributed by atoms with van der Waals surface area (Å²) in [6.07, 6.45) is 11.2. The van der Waals surface area contributed by atoms with Crippen molar-refractivity contribution < 1.29 is 19.4 Å². The van der Waals surface area contributed by atoms with E-state index in [2.05, 4.69) is 26.0 Å². The molecular formula is C22H32O4. The van der Waals surface area contributed by atoms with Gasteiger partial charge in [0.15, 0.2) is 5.78 Å². The predicted octanol–water partition coefficient (Wildman–Crippen LogP) is 4.14. The minimum Gasteiger partial charge on any atom is -0.462 e. The Kier molecular flexibility index (Phi) is 7.39. The minimum absolute atomic E-state index is 0.0252. The Labute approximate surface area is 157 Å². The number of hydrogen-bond acceptors (Lipinski definition) is 4. The third kappa shape index (κ3) is 5.66. The zero-order chi connectivity index (χ0) is 19.3. The second-order valence-corrected chi connectivity index (χ2v) is 7.98. The Morgan fingerprint density at radius 1 is 1.23 bits per heavy atom. The highest BCUT2D eigenvalue weighted by molar-refractivity contribution is 5.92. The maximum Gasteiger partial charge on any atom is 0.309 e. The first kappa shape index (κ1) is 20.6. The molecule has 0 aromatic carbocycles. The van der Waals surface area contributed by atoms with Gasteiger partial charge in [-0.05, 0) is 45.6 Å². The molecule has 0 spiro atoms. The molecule has 0 aromatic rings. The van der Waals surface area contributed by atoms with Crippen molar-refractivity contribution in [2.45, 2.75) is 72.0 Å². The number of cyclic esters (lactones) is 1. The molecule has 1 aliphatic carbocycles. The first-order chi connectivity index (χ1) is 12.3. The number of hydrogen-bond donors (Lipinski definition) is 1. The number of ketones is 1. The largest absolute Gasteiger partial charge is 0.462 e. The number of allylic oxidation sites excluding steroid dienone is 4. The molecule has 4 unspecified atom stereocenters. The van der Waals surface area contributed by atoms with Crippen molar-refractivity contribution >= 4 is 11.8 Å². The smallest absolute Gasteiger partial charge is 0.309 e. The minimum atomic E-state index is -0.537. The molecule has 5 atom stereocenters. The number of carbonyl (C=O) groups excluding carboxylic acids is 2. The molecule has 0 amide bonds. The van der Waals surface area contributed by atoms with Gasteiger partial charge in [0.2, 0.25) is 0 Å². The van der Waals surface area contributed by atoms with E-state index in [9.17, 15) is 14.7 Å². The van der Waals surface area contributed by atoms with E-state index in [1.54, 1.807) is 6.08 Å². The third-order valence-electron chi connectivity index (χ3n) is 5.61. The number of esters is 1. The molecule has 1 fully saturated rings. The van der Waals surface area contributed by atoms with E-state index in [4.69, 9.17) is 4.74 Å². The highest BCUT2D eigenvalue weighted by Crippen LogP contribution is 2.28. The Bertz CT molecular complexity index is 614. The van der Waals surface area contributed by atoms with Crippen LogP contribution < -0.4 is 0 Å². The maximum atomic E-state index is 11.8. The van der Waals surface area contributed by atoms with Crippen LogP contribution in [0, 0.1) is 17.8 Å². The Balaban J connectivity index is 1.76. The zero-order valence-electron chi connectivity index (χ0n) is 16.4. The van der Waals surface area contributed by atoms with Crippen LogP contribution in [-0.2, 0) is 14.3 Å². The lowest BCUT2D eigenvalue weighted by atomic mass is 9.79. The van der Waals surface area contributed by atoms with Gasteiger partial charge in [-0.25, -0.2) is 0 Å². The summed E-state index contributed by atoms with van der Waals surface area (Å²) in [5, 5.41) is 10.1. The second kappa shape index (κ2) is 9.31. The zero-order valence-corrected chi connectivity index (χ0v) is 16.4. The van der Waals surface area contributed by atoms with E-state index in [-0.39, 0.29) is 35.6 Å². The number of aliphatic hydroxyl groups is 1. The summed E-state index contributed by atoms with van der Waals surface area (Å²) in [5.74, 6) is -0.102. The first-order valence-corrected chi connectivity index (χ1v) is 9.69. The maximum absolute atomic E-state index is 11.8. The van der Waals surface area contributed by atoms with Crippen molar-refractivity contribution in [3.63, 3.8) is 0 Å². The summed E-state index contributed by atoms with van der Waals surface area (Å²) >= 11 is 0. The van der Waals surface area contributed by atoms with Gasteiger partial charge in [-0.2, -0.15) is 0 Å². The van der Waals surface area contributed by atoms with Crippen LogP contribution in [0.3, 0.4) is 0 Å². The average molecular weight is 360 g/mol. The molecule has 0 aromatic heterocycles. The topological polar surface area (TPSA) is 63.6 Å². The Morgan fingerprint density at radius 2 is 1.96 bits per heavy atom. The number of rotatable bonds is 7. The number of ether oxygens (including phenoxy) is 1. The van der Waals surface area contributed by atoms with E-state index in [1.165, 1.54) is 17.2 Å². The van der Waals surface area contributed by atoms with Crippen molar-refractivity contribution in [3.05, 3.63) is 35.5 Å². The molecule has 26 heavy (non-hydrogen) atoms. The van der Waals surface area contributed by atoms with Crippen LogP contribution in [0.4, 0.5) is 0 Å². The van der Waals surface area contributed by atoms with Crippen LogP contribution in [0.25, 0.3) is 0 Å². The van der Waals surface area contributed by atoms with Crippen LogP contribution in [-0.4, -0.2) is 29.1 Å². The van der Waals surface area contributed by atoms with Gasteiger partial charge in [-0.1, -0.05) is 43.2 Å². The molecule has 4 nitrogen and oxygen atoms in total. The monoisotopic (exact) mass is 360 g/mol. The van der Waals surface area contributed by atoms with Gasteiger partial charge < -0.3 is 9.84 Å². The highest BCUT2D eigenvalue weighted by Gasteiger charge is 2.31. The molecule has 1 aliphatic heterocycles. The summed E-state index contributed by atoms with van der Waals surface area (Å²) in [4.78, 5) is 23.2. The number of aliphatic hydroxyl groups excluding tert-OH is 1. The summed E-state index contributed by atoms with van der Waals surface area (Å²) < 4.78 is 5.36. The Morgan fingerprint density at radius 3 is 2.62 bits per heavy atom. The van der Waals surface area contributed by atoms with Gasteiger partial charge in [0.1, 0.15) is 6.10 Å².